The van der Waals surface area contributed by atoms with Crippen molar-refractivity contribution in [3.05, 3.63) is 40.3 Å². The molecule has 2 N–H and O–H groups in total. The van der Waals surface area contributed by atoms with E-state index in [-0.39, 0.29) is 24.7 Å². The molecule has 0 spiro atoms. The predicted octanol–water partition coefficient (Wildman–Crippen LogP) is 5.30. The molecule has 2 rings (SSSR count). The van der Waals surface area contributed by atoms with Crippen LogP contribution in [0.25, 0.3) is 6.08 Å². The summed E-state index contributed by atoms with van der Waals surface area (Å²) in [5.41, 5.74) is 2.12. The van der Waals surface area contributed by atoms with Crippen LogP contribution >= 0.6 is 24.0 Å². The van der Waals surface area contributed by atoms with E-state index < -0.39 is 5.97 Å². The zero-order valence-corrected chi connectivity index (χ0v) is 20.9. The largest absolute Gasteiger partial charge is 0.481 e. The summed E-state index contributed by atoms with van der Waals surface area (Å²) < 4.78 is 0.495. The number of aliphatic carboxylic acids is 1. The fourth-order valence-corrected chi connectivity index (χ4v) is 4.81. The molecular weight excluding hydrogens is 456 g/mol. The molecule has 1 aliphatic rings. The number of carbonyl (C=O) groups excluding carboxylic acids is 2. The first-order valence-electron chi connectivity index (χ1n) is 11.7. The first kappa shape index (κ1) is 27.1. The molecule has 0 bridgehead atoms. The van der Waals surface area contributed by atoms with Crippen LogP contribution in [-0.2, 0) is 14.4 Å². The smallest absolute Gasteiger partial charge is 0.303 e. The third-order valence-electron chi connectivity index (χ3n) is 5.45. The highest BCUT2D eigenvalue weighted by Crippen LogP contribution is 2.32. The van der Waals surface area contributed by atoms with Crippen LogP contribution in [0.3, 0.4) is 0 Å². The minimum Gasteiger partial charge on any atom is -0.481 e. The van der Waals surface area contributed by atoms with Gasteiger partial charge in [-0.15, -0.1) is 0 Å². The molecule has 6 nitrogen and oxygen atoms in total. The number of aryl methyl sites for hydroxylation is 1. The molecule has 1 saturated heterocycles. The number of thiocarbonyl (C=S) groups is 1. The third kappa shape index (κ3) is 10.5. The number of unbranched alkanes of at least 4 members (excludes halogenated alkanes) is 7. The molecule has 33 heavy (non-hydrogen) atoms. The van der Waals surface area contributed by atoms with Crippen LogP contribution in [0.15, 0.2) is 29.2 Å². The van der Waals surface area contributed by atoms with Crippen LogP contribution in [0.5, 0.6) is 0 Å². The van der Waals surface area contributed by atoms with Gasteiger partial charge < -0.3 is 10.4 Å². The van der Waals surface area contributed by atoms with Gasteiger partial charge in [0.1, 0.15) is 4.32 Å². The minimum atomic E-state index is -0.717. The number of carboxylic acids is 1. The highest BCUT2D eigenvalue weighted by atomic mass is 32.2. The average Bonchev–Trinajstić information content (AvgIpc) is 3.04. The van der Waals surface area contributed by atoms with Crippen molar-refractivity contribution in [1.82, 2.24) is 10.2 Å². The van der Waals surface area contributed by atoms with Gasteiger partial charge in [-0.05, 0) is 31.4 Å². The van der Waals surface area contributed by atoms with Gasteiger partial charge in [-0.1, -0.05) is 92.3 Å². The zero-order valence-electron chi connectivity index (χ0n) is 19.3. The fraction of sp³-hybridized carbons (Fsp3) is 0.520. The standard InChI is InChI=1S/C25H34N2O4S2/c1-19-11-13-20(14-12-19)18-21-24(31)27(25(32)33-21)17-15-22(28)26-16-9-7-5-3-2-4-6-8-10-23(29)30/h11-14,18H,2-10,15-17H2,1H3,(H,26,28)(H,29,30). The lowest BCUT2D eigenvalue weighted by atomic mass is 10.1. The maximum Gasteiger partial charge on any atom is 0.303 e. The van der Waals surface area contributed by atoms with Crippen molar-refractivity contribution in [3.8, 4) is 0 Å². The van der Waals surface area contributed by atoms with E-state index in [0.29, 0.717) is 22.3 Å². The molecule has 1 fully saturated rings. The number of carboxylic acid groups (broad SMARTS) is 1. The highest BCUT2D eigenvalue weighted by Gasteiger charge is 2.32. The topological polar surface area (TPSA) is 86.7 Å². The van der Waals surface area contributed by atoms with Crippen LogP contribution in [-0.4, -0.2) is 45.2 Å². The summed E-state index contributed by atoms with van der Waals surface area (Å²) in [6.45, 7) is 2.96. The molecule has 0 aliphatic carbocycles. The van der Waals surface area contributed by atoms with Gasteiger partial charge in [0.05, 0.1) is 4.91 Å². The number of hydrogen-bond donors (Lipinski definition) is 2. The van der Waals surface area contributed by atoms with Gasteiger partial charge in [-0.25, -0.2) is 0 Å². The fourth-order valence-electron chi connectivity index (χ4n) is 3.50. The van der Waals surface area contributed by atoms with Crippen molar-refractivity contribution in [2.24, 2.45) is 0 Å². The summed E-state index contributed by atoms with van der Waals surface area (Å²) in [5, 5.41) is 11.5. The first-order chi connectivity index (χ1) is 15.9. The Bertz CT molecular complexity index is 852. The molecule has 8 heteroatoms. The van der Waals surface area contributed by atoms with Crippen molar-refractivity contribution in [3.63, 3.8) is 0 Å². The predicted molar refractivity (Wildman–Crippen MR) is 138 cm³/mol. The van der Waals surface area contributed by atoms with Crippen LogP contribution in [0.4, 0.5) is 0 Å². The van der Waals surface area contributed by atoms with Crippen molar-refractivity contribution in [2.75, 3.05) is 13.1 Å². The molecule has 180 valence electrons. The Labute approximate surface area is 206 Å². The van der Waals surface area contributed by atoms with Gasteiger partial charge in [0.2, 0.25) is 5.91 Å². The monoisotopic (exact) mass is 490 g/mol. The second-order valence-corrected chi connectivity index (χ2v) is 9.99. The summed E-state index contributed by atoms with van der Waals surface area (Å²) in [4.78, 5) is 37.4. The molecule has 0 aromatic heterocycles. The van der Waals surface area contributed by atoms with Crippen molar-refractivity contribution < 1.29 is 19.5 Å². The molecule has 1 aromatic rings. The molecular formula is C25H34N2O4S2. The maximum absolute atomic E-state index is 12.7. The van der Waals surface area contributed by atoms with Gasteiger partial charge >= 0.3 is 5.97 Å². The molecule has 1 heterocycles. The number of carbonyl (C=O) groups is 3. The van der Waals surface area contributed by atoms with E-state index in [9.17, 15) is 14.4 Å². The Morgan fingerprint density at radius 2 is 1.61 bits per heavy atom. The van der Waals surface area contributed by atoms with Crippen LogP contribution in [0, 0.1) is 6.92 Å². The van der Waals surface area contributed by atoms with Gasteiger partial charge in [0.15, 0.2) is 0 Å². The number of nitrogens with one attached hydrogen (secondary N) is 1. The summed E-state index contributed by atoms with van der Waals surface area (Å²) in [6, 6.07) is 7.94. The SMILES string of the molecule is Cc1ccc(C=C2SC(=S)N(CCC(=O)NCCCCCCCCCCC(=O)O)C2=O)cc1. The number of rotatable bonds is 15. The number of hydrogen-bond acceptors (Lipinski definition) is 5. The maximum atomic E-state index is 12.7. The second-order valence-electron chi connectivity index (χ2n) is 8.32. The molecule has 0 atom stereocenters. The molecule has 0 radical (unpaired) electrons. The zero-order chi connectivity index (χ0) is 24.1. The van der Waals surface area contributed by atoms with Crippen LogP contribution in [0.2, 0.25) is 0 Å². The van der Waals surface area contributed by atoms with Gasteiger partial charge in [0.25, 0.3) is 5.91 Å². The molecule has 0 saturated carbocycles. The van der Waals surface area contributed by atoms with Gasteiger partial charge in [-0.2, -0.15) is 0 Å². The summed E-state index contributed by atoms with van der Waals surface area (Å²) in [6.07, 6.45) is 10.6. The summed E-state index contributed by atoms with van der Waals surface area (Å²) >= 11 is 6.62. The first-order valence-corrected chi connectivity index (χ1v) is 12.9. The van der Waals surface area contributed by atoms with E-state index in [1.54, 1.807) is 0 Å². The van der Waals surface area contributed by atoms with E-state index in [4.69, 9.17) is 17.3 Å². The lowest BCUT2D eigenvalue weighted by Gasteiger charge is -2.14. The normalized spacial score (nSPS) is 14.8. The van der Waals surface area contributed by atoms with Gasteiger partial charge in [0, 0.05) is 25.9 Å². The number of benzene rings is 1. The van der Waals surface area contributed by atoms with E-state index in [0.717, 1.165) is 62.5 Å². The number of thioether (sulfide) groups is 1. The van der Waals surface area contributed by atoms with Crippen LogP contribution < -0.4 is 5.32 Å². The van der Waals surface area contributed by atoms with E-state index in [2.05, 4.69) is 5.32 Å². The van der Waals surface area contributed by atoms with E-state index in [1.807, 2.05) is 37.3 Å². The lowest BCUT2D eigenvalue weighted by molar-refractivity contribution is -0.137. The Hall–Kier alpha value is -2.19. The van der Waals surface area contributed by atoms with Crippen molar-refractivity contribution in [2.45, 2.75) is 71.1 Å². The van der Waals surface area contributed by atoms with Gasteiger partial charge in [-0.3, -0.25) is 19.3 Å². The lowest BCUT2D eigenvalue weighted by Crippen LogP contribution is -2.33. The number of nitrogens with zero attached hydrogens (tertiary/aromatic N) is 1. The second kappa shape index (κ2) is 14.9. The van der Waals surface area contributed by atoms with Crippen molar-refractivity contribution >= 4 is 52.2 Å². The summed E-state index contributed by atoms with van der Waals surface area (Å²) in [5.74, 6) is -0.920. The Morgan fingerprint density at radius 3 is 2.24 bits per heavy atom. The van der Waals surface area contributed by atoms with E-state index in [1.165, 1.54) is 16.7 Å². The molecule has 1 aliphatic heterocycles. The Balaban J connectivity index is 1.56. The third-order valence-corrected chi connectivity index (χ3v) is 6.83. The molecule has 0 unspecified atom stereocenters. The Morgan fingerprint density at radius 1 is 1.00 bits per heavy atom. The molecule has 2 amide bonds. The number of amides is 2. The van der Waals surface area contributed by atoms with E-state index >= 15 is 0 Å². The molecule has 1 aromatic carbocycles. The average molecular weight is 491 g/mol. The quantitative estimate of drug-likeness (QED) is 0.197. The highest BCUT2D eigenvalue weighted by molar-refractivity contribution is 8.26. The minimum absolute atomic E-state index is 0.0648. The summed E-state index contributed by atoms with van der Waals surface area (Å²) in [7, 11) is 0. The van der Waals surface area contributed by atoms with Crippen LogP contribution in [0.1, 0.15) is 75.3 Å². The Kier molecular flexibility index (Phi) is 12.2. The van der Waals surface area contributed by atoms with Crippen molar-refractivity contribution in [1.29, 1.82) is 0 Å².